The molecule has 0 radical (unpaired) electrons. The van der Waals surface area contributed by atoms with Gasteiger partial charge in [0.25, 0.3) is 0 Å². The molecule has 1 atom stereocenters. The van der Waals surface area contributed by atoms with Gasteiger partial charge in [-0.05, 0) is 43.0 Å². The molecule has 144 valence electrons. The van der Waals surface area contributed by atoms with E-state index < -0.39 is 0 Å². The minimum atomic E-state index is 0.611. The van der Waals surface area contributed by atoms with Crippen LogP contribution >= 0.6 is 0 Å². The summed E-state index contributed by atoms with van der Waals surface area (Å²) in [4.78, 5) is 12.0. The van der Waals surface area contributed by atoms with Crippen molar-refractivity contribution in [1.29, 1.82) is 0 Å². The fourth-order valence-corrected chi connectivity index (χ4v) is 3.61. The summed E-state index contributed by atoms with van der Waals surface area (Å²) >= 11 is 0. The van der Waals surface area contributed by atoms with E-state index in [9.17, 15) is 0 Å². The SMILES string of the molecule is COc1ccc(Nc2nc(-c3ccccc3)cc(N3CCCC(C)C3)n2)cc1. The quantitative estimate of drug-likeness (QED) is 0.671. The summed E-state index contributed by atoms with van der Waals surface area (Å²) in [5.41, 5.74) is 2.96. The highest BCUT2D eigenvalue weighted by Crippen LogP contribution is 2.28. The maximum absolute atomic E-state index is 5.24. The van der Waals surface area contributed by atoms with E-state index in [2.05, 4.69) is 35.3 Å². The Bertz CT molecular complexity index is 912. The predicted octanol–water partition coefficient (Wildman–Crippen LogP) is 5.13. The van der Waals surface area contributed by atoms with Crippen molar-refractivity contribution in [2.24, 2.45) is 5.92 Å². The monoisotopic (exact) mass is 374 g/mol. The molecule has 2 heterocycles. The first-order valence-electron chi connectivity index (χ1n) is 9.82. The van der Waals surface area contributed by atoms with Gasteiger partial charge in [0, 0.05) is 30.4 Å². The van der Waals surface area contributed by atoms with Crippen molar-refractivity contribution < 1.29 is 4.74 Å². The number of nitrogens with one attached hydrogen (secondary N) is 1. The molecule has 0 aliphatic carbocycles. The van der Waals surface area contributed by atoms with E-state index in [1.165, 1.54) is 12.8 Å². The third-order valence-electron chi connectivity index (χ3n) is 5.11. The summed E-state index contributed by atoms with van der Waals surface area (Å²) in [5.74, 6) is 3.10. The molecule has 5 nitrogen and oxygen atoms in total. The van der Waals surface area contributed by atoms with Crippen LogP contribution in [-0.4, -0.2) is 30.2 Å². The lowest BCUT2D eigenvalue weighted by atomic mass is 10.0. The molecule has 1 aromatic heterocycles. The van der Waals surface area contributed by atoms with Crippen molar-refractivity contribution in [3.8, 4) is 17.0 Å². The normalized spacial score (nSPS) is 16.6. The molecule has 4 rings (SSSR count). The fourth-order valence-electron chi connectivity index (χ4n) is 3.61. The van der Waals surface area contributed by atoms with Crippen LogP contribution in [0.2, 0.25) is 0 Å². The zero-order valence-electron chi connectivity index (χ0n) is 16.4. The average Bonchev–Trinajstić information content (AvgIpc) is 2.75. The molecule has 3 aromatic rings. The Morgan fingerprint density at radius 3 is 2.54 bits per heavy atom. The Balaban J connectivity index is 1.68. The zero-order valence-corrected chi connectivity index (χ0v) is 16.4. The number of methoxy groups -OCH3 is 1. The van der Waals surface area contributed by atoms with Gasteiger partial charge in [-0.1, -0.05) is 37.3 Å². The first-order chi connectivity index (χ1) is 13.7. The van der Waals surface area contributed by atoms with Crippen LogP contribution in [0.1, 0.15) is 19.8 Å². The summed E-state index contributed by atoms with van der Waals surface area (Å²) in [6, 6.07) is 20.2. The number of hydrogen-bond acceptors (Lipinski definition) is 5. The van der Waals surface area contributed by atoms with Crippen molar-refractivity contribution in [2.75, 3.05) is 30.4 Å². The van der Waals surface area contributed by atoms with Gasteiger partial charge in [-0.25, -0.2) is 4.98 Å². The Morgan fingerprint density at radius 2 is 1.82 bits per heavy atom. The van der Waals surface area contributed by atoms with E-state index in [1.54, 1.807) is 7.11 Å². The summed E-state index contributed by atoms with van der Waals surface area (Å²) in [6.07, 6.45) is 2.48. The second kappa shape index (κ2) is 8.30. The molecule has 1 fully saturated rings. The Labute approximate surface area is 166 Å². The van der Waals surface area contributed by atoms with Crippen LogP contribution in [0, 0.1) is 5.92 Å². The zero-order chi connectivity index (χ0) is 19.3. The van der Waals surface area contributed by atoms with Crippen LogP contribution in [0.3, 0.4) is 0 Å². The molecule has 1 saturated heterocycles. The maximum atomic E-state index is 5.24. The summed E-state index contributed by atoms with van der Waals surface area (Å²) < 4.78 is 5.24. The van der Waals surface area contributed by atoms with Crippen LogP contribution < -0.4 is 15.0 Å². The lowest BCUT2D eigenvalue weighted by Gasteiger charge is -2.32. The molecule has 1 unspecified atom stereocenters. The fraction of sp³-hybridized carbons (Fsp3) is 0.304. The molecular formula is C23H26N4O. The van der Waals surface area contributed by atoms with E-state index in [4.69, 9.17) is 14.7 Å². The number of piperidine rings is 1. The third kappa shape index (κ3) is 4.25. The summed E-state index contributed by atoms with van der Waals surface area (Å²) in [5, 5.41) is 3.35. The first-order valence-corrected chi connectivity index (χ1v) is 9.82. The molecule has 0 spiro atoms. The first kappa shape index (κ1) is 18.3. The molecule has 2 aromatic carbocycles. The second-order valence-electron chi connectivity index (χ2n) is 7.35. The van der Waals surface area contributed by atoms with Gasteiger partial charge in [0.1, 0.15) is 11.6 Å². The predicted molar refractivity (Wildman–Crippen MR) is 114 cm³/mol. The van der Waals surface area contributed by atoms with Crippen molar-refractivity contribution >= 4 is 17.5 Å². The van der Waals surface area contributed by atoms with E-state index >= 15 is 0 Å². The van der Waals surface area contributed by atoms with Gasteiger partial charge in [0.15, 0.2) is 0 Å². The Morgan fingerprint density at radius 1 is 1.04 bits per heavy atom. The number of hydrogen-bond donors (Lipinski definition) is 1. The van der Waals surface area contributed by atoms with Crippen LogP contribution in [-0.2, 0) is 0 Å². The molecular weight excluding hydrogens is 348 g/mol. The van der Waals surface area contributed by atoms with E-state index in [0.29, 0.717) is 11.9 Å². The van der Waals surface area contributed by atoms with Gasteiger partial charge in [-0.3, -0.25) is 0 Å². The van der Waals surface area contributed by atoms with Gasteiger partial charge in [0.2, 0.25) is 5.95 Å². The van der Waals surface area contributed by atoms with Crippen molar-refractivity contribution in [2.45, 2.75) is 19.8 Å². The molecule has 5 heteroatoms. The number of rotatable bonds is 5. The van der Waals surface area contributed by atoms with E-state index in [0.717, 1.165) is 41.6 Å². The smallest absolute Gasteiger partial charge is 0.229 e. The van der Waals surface area contributed by atoms with Gasteiger partial charge in [-0.15, -0.1) is 0 Å². The van der Waals surface area contributed by atoms with Crippen LogP contribution in [0.25, 0.3) is 11.3 Å². The van der Waals surface area contributed by atoms with Crippen LogP contribution in [0.15, 0.2) is 60.7 Å². The summed E-state index contributed by atoms with van der Waals surface area (Å²) in [7, 11) is 1.67. The third-order valence-corrected chi connectivity index (χ3v) is 5.11. The van der Waals surface area contributed by atoms with Crippen molar-refractivity contribution in [3.63, 3.8) is 0 Å². The maximum Gasteiger partial charge on any atom is 0.229 e. The van der Waals surface area contributed by atoms with Gasteiger partial charge in [0.05, 0.1) is 12.8 Å². The highest BCUT2D eigenvalue weighted by Gasteiger charge is 2.19. The lowest BCUT2D eigenvalue weighted by Crippen LogP contribution is -2.35. The van der Waals surface area contributed by atoms with E-state index in [1.807, 2.05) is 42.5 Å². The number of benzene rings is 2. The highest BCUT2D eigenvalue weighted by molar-refractivity contribution is 5.66. The second-order valence-corrected chi connectivity index (χ2v) is 7.35. The number of aromatic nitrogens is 2. The van der Waals surface area contributed by atoms with Gasteiger partial charge < -0.3 is 15.0 Å². The standard InChI is InChI=1S/C23H26N4O/c1-17-7-6-14-27(16-17)22-15-21(18-8-4-3-5-9-18)25-23(26-22)24-19-10-12-20(28-2)13-11-19/h3-5,8-13,15,17H,6-7,14,16H2,1-2H3,(H,24,25,26). The number of anilines is 3. The summed E-state index contributed by atoms with van der Waals surface area (Å²) in [6.45, 7) is 4.38. The highest BCUT2D eigenvalue weighted by atomic mass is 16.5. The van der Waals surface area contributed by atoms with E-state index in [-0.39, 0.29) is 0 Å². The number of ether oxygens (including phenoxy) is 1. The molecule has 0 amide bonds. The Kier molecular flexibility index (Phi) is 5.42. The largest absolute Gasteiger partial charge is 0.497 e. The molecule has 1 N–H and O–H groups in total. The average molecular weight is 374 g/mol. The van der Waals surface area contributed by atoms with Crippen molar-refractivity contribution in [3.05, 3.63) is 60.7 Å². The van der Waals surface area contributed by atoms with Gasteiger partial charge in [-0.2, -0.15) is 4.98 Å². The minimum Gasteiger partial charge on any atom is -0.497 e. The van der Waals surface area contributed by atoms with Crippen LogP contribution in [0.5, 0.6) is 5.75 Å². The molecule has 0 bridgehead atoms. The molecule has 28 heavy (non-hydrogen) atoms. The lowest BCUT2D eigenvalue weighted by molar-refractivity contribution is 0.415. The van der Waals surface area contributed by atoms with Crippen LogP contribution in [0.4, 0.5) is 17.5 Å². The topological polar surface area (TPSA) is 50.3 Å². The molecule has 0 saturated carbocycles. The van der Waals surface area contributed by atoms with Gasteiger partial charge >= 0.3 is 0 Å². The molecule has 1 aliphatic heterocycles. The minimum absolute atomic E-state index is 0.611. The number of nitrogens with zero attached hydrogens (tertiary/aromatic N) is 3. The van der Waals surface area contributed by atoms with Crippen molar-refractivity contribution in [1.82, 2.24) is 9.97 Å². The Hall–Kier alpha value is -3.08. The molecule has 1 aliphatic rings.